The van der Waals surface area contributed by atoms with Crippen molar-refractivity contribution in [2.75, 3.05) is 20.3 Å². The maximum atomic E-state index is 11.9. The molecule has 0 spiro atoms. The number of amides is 1. The zero-order valence-electron chi connectivity index (χ0n) is 17.0. The minimum atomic E-state index is -0.164. The van der Waals surface area contributed by atoms with Crippen LogP contribution in [0.2, 0.25) is 0 Å². The van der Waals surface area contributed by atoms with Crippen LogP contribution in [0.15, 0.2) is 46.0 Å². The van der Waals surface area contributed by atoms with Crippen molar-refractivity contribution < 1.29 is 19.0 Å². The normalized spacial score (nSPS) is 10.8. The largest absolute Gasteiger partial charge is 0.493 e. The first-order valence-electron chi connectivity index (χ1n) is 9.55. The van der Waals surface area contributed by atoms with Gasteiger partial charge in [0.05, 0.1) is 31.0 Å². The van der Waals surface area contributed by atoms with Gasteiger partial charge in [-0.15, -0.1) is 0 Å². The van der Waals surface area contributed by atoms with Crippen LogP contribution in [0, 0.1) is 6.92 Å². The van der Waals surface area contributed by atoms with Gasteiger partial charge in [0.15, 0.2) is 11.5 Å². The Labute approximate surface area is 180 Å². The molecule has 0 saturated heterocycles. The summed E-state index contributed by atoms with van der Waals surface area (Å²) in [6, 6.07) is 11.4. The zero-order valence-corrected chi connectivity index (χ0v) is 18.6. The average molecular weight is 463 g/mol. The Morgan fingerprint density at radius 1 is 1.10 bits per heavy atom. The van der Waals surface area contributed by atoms with E-state index in [1.54, 1.807) is 13.3 Å². The number of halogens is 1. The van der Waals surface area contributed by atoms with Crippen molar-refractivity contribution in [3.63, 3.8) is 0 Å². The number of benzene rings is 2. The van der Waals surface area contributed by atoms with Gasteiger partial charge in [-0.05, 0) is 77.2 Å². The van der Waals surface area contributed by atoms with E-state index in [0.29, 0.717) is 37.6 Å². The van der Waals surface area contributed by atoms with Gasteiger partial charge in [0.1, 0.15) is 5.75 Å². The number of nitrogens with one attached hydrogen (secondary N) is 1. The molecule has 29 heavy (non-hydrogen) atoms. The molecule has 7 heteroatoms. The van der Waals surface area contributed by atoms with E-state index in [0.717, 1.165) is 27.8 Å². The number of aryl methyl sites for hydroxylation is 1. The molecule has 0 bridgehead atoms. The molecule has 0 aromatic heterocycles. The summed E-state index contributed by atoms with van der Waals surface area (Å²) in [5.41, 5.74) is 4.49. The summed E-state index contributed by atoms with van der Waals surface area (Å²) in [5.74, 6) is 1.93. The number of ether oxygens (including phenoxy) is 3. The molecule has 156 valence electrons. The van der Waals surface area contributed by atoms with E-state index in [-0.39, 0.29) is 5.91 Å². The molecule has 0 radical (unpaired) electrons. The minimum absolute atomic E-state index is 0.164. The van der Waals surface area contributed by atoms with E-state index in [2.05, 4.69) is 26.5 Å². The van der Waals surface area contributed by atoms with Crippen LogP contribution in [0.1, 0.15) is 37.3 Å². The van der Waals surface area contributed by atoms with E-state index in [1.165, 1.54) is 0 Å². The van der Waals surface area contributed by atoms with Crippen molar-refractivity contribution in [3.05, 3.63) is 52.0 Å². The number of methoxy groups -OCH3 is 1. The quantitative estimate of drug-likeness (QED) is 0.294. The Morgan fingerprint density at radius 2 is 1.86 bits per heavy atom. The number of hydrazone groups is 1. The summed E-state index contributed by atoms with van der Waals surface area (Å²) in [6.45, 7) is 5.15. The molecule has 0 fully saturated rings. The number of hydrogen-bond acceptors (Lipinski definition) is 5. The Balaban J connectivity index is 1.74. The Morgan fingerprint density at radius 3 is 2.59 bits per heavy atom. The Kier molecular flexibility index (Phi) is 9.50. The second-order valence-electron chi connectivity index (χ2n) is 6.44. The van der Waals surface area contributed by atoms with Crippen LogP contribution in [-0.4, -0.2) is 32.4 Å². The standard InChI is InChI=1S/C22H27BrN2O4/c1-4-11-28-20-10-8-17(14-21(20)27-3)15-24-25-22(26)6-5-12-29-19-9-7-16(2)13-18(19)23/h7-10,13-15H,4-6,11-12H2,1-3H3,(H,25,26)/b24-15+. The lowest BCUT2D eigenvalue weighted by Crippen LogP contribution is -2.18. The fourth-order valence-corrected chi connectivity index (χ4v) is 3.08. The summed E-state index contributed by atoms with van der Waals surface area (Å²) >= 11 is 3.47. The second-order valence-corrected chi connectivity index (χ2v) is 7.29. The molecular formula is C22H27BrN2O4. The van der Waals surface area contributed by atoms with Crippen molar-refractivity contribution in [2.24, 2.45) is 5.10 Å². The van der Waals surface area contributed by atoms with Crippen molar-refractivity contribution in [2.45, 2.75) is 33.1 Å². The third-order valence-corrected chi connectivity index (χ3v) is 4.57. The summed E-state index contributed by atoms with van der Waals surface area (Å²) in [7, 11) is 1.59. The Hall–Kier alpha value is -2.54. The van der Waals surface area contributed by atoms with Crippen LogP contribution < -0.4 is 19.6 Å². The SMILES string of the molecule is CCCOc1ccc(/C=N/NC(=O)CCCOc2ccc(C)cc2Br)cc1OC. The molecule has 0 saturated carbocycles. The van der Waals surface area contributed by atoms with Gasteiger partial charge in [-0.25, -0.2) is 5.43 Å². The minimum Gasteiger partial charge on any atom is -0.493 e. The number of rotatable bonds is 11. The lowest BCUT2D eigenvalue weighted by molar-refractivity contribution is -0.121. The molecular weight excluding hydrogens is 436 g/mol. The van der Waals surface area contributed by atoms with Gasteiger partial charge in [-0.3, -0.25) is 4.79 Å². The van der Waals surface area contributed by atoms with E-state index in [9.17, 15) is 4.79 Å². The highest BCUT2D eigenvalue weighted by molar-refractivity contribution is 9.10. The molecule has 0 aliphatic heterocycles. The van der Waals surface area contributed by atoms with Crippen molar-refractivity contribution in [1.29, 1.82) is 0 Å². The van der Waals surface area contributed by atoms with Crippen molar-refractivity contribution >= 4 is 28.1 Å². The number of carbonyl (C=O) groups excluding carboxylic acids is 1. The van der Waals surface area contributed by atoms with Crippen LogP contribution in [0.4, 0.5) is 0 Å². The fourth-order valence-electron chi connectivity index (χ4n) is 2.47. The van der Waals surface area contributed by atoms with Gasteiger partial charge >= 0.3 is 0 Å². The zero-order chi connectivity index (χ0) is 21.1. The highest BCUT2D eigenvalue weighted by Crippen LogP contribution is 2.28. The fraction of sp³-hybridized carbons (Fsp3) is 0.364. The van der Waals surface area contributed by atoms with Crippen LogP contribution in [0.5, 0.6) is 17.2 Å². The smallest absolute Gasteiger partial charge is 0.240 e. The molecule has 0 atom stereocenters. The molecule has 0 aliphatic carbocycles. The van der Waals surface area contributed by atoms with E-state index in [4.69, 9.17) is 14.2 Å². The Bertz CT molecular complexity index is 840. The highest BCUT2D eigenvalue weighted by atomic mass is 79.9. The van der Waals surface area contributed by atoms with Gasteiger partial charge in [-0.1, -0.05) is 13.0 Å². The maximum Gasteiger partial charge on any atom is 0.240 e. The van der Waals surface area contributed by atoms with Crippen LogP contribution in [0.3, 0.4) is 0 Å². The average Bonchev–Trinajstić information content (AvgIpc) is 2.71. The molecule has 2 rings (SSSR count). The van der Waals surface area contributed by atoms with Crippen LogP contribution >= 0.6 is 15.9 Å². The molecule has 0 unspecified atom stereocenters. The molecule has 1 amide bonds. The van der Waals surface area contributed by atoms with E-state index in [1.807, 2.05) is 50.2 Å². The van der Waals surface area contributed by atoms with Crippen molar-refractivity contribution in [1.82, 2.24) is 5.43 Å². The molecule has 0 aliphatic rings. The van der Waals surface area contributed by atoms with Gasteiger partial charge < -0.3 is 14.2 Å². The summed E-state index contributed by atoms with van der Waals surface area (Å²) < 4.78 is 17.6. The molecule has 6 nitrogen and oxygen atoms in total. The topological polar surface area (TPSA) is 69.2 Å². The van der Waals surface area contributed by atoms with E-state index < -0.39 is 0 Å². The first-order valence-corrected chi connectivity index (χ1v) is 10.3. The van der Waals surface area contributed by atoms with Gasteiger partial charge in [0.25, 0.3) is 0 Å². The predicted molar refractivity (Wildman–Crippen MR) is 118 cm³/mol. The molecule has 0 heterocycles. The third-order valence-electron chi connectivity index (χ3n) is 3.95. The number of carbonyl (C=O) groups is 1. The highest BCUT2D eigenvalue weighted by Gasteiger charge is 2.05. The first kappa shape index (κ1) is 22.7. The van der Waals surface area contributed by atoms with Crippen LogP contribution in [-0.2, 0) is 4.79 Å². The first-order chi connectivity index (χ1) is 14.0. The summed E-state index contributed by atoms with van der Waals surface area (Å²) in [6.07, 6.45) is 3.42. The van der Waals surface area contributed by atoms with Crippen molar-refractivity contribution in [3.8, 4) is 17.2 Å². The second kappa shape index (κ2) is 12.1. The summed E-state index contributed by atoms with van der Waals surface area (Å²) in [4.78, 5) is 11.9. The molecule has 1 N–H and O–H groups in total. The predicted octanol–water partition coefficient (Wildman–Crippen LogP) is 4.86. The molecule has 2 aromatic rings. The van der Waals surface area contributed by atoms with Crippen LogP contribution in [0.25, 0.3) is 0 Å². The maximum absolute atomic E-state index is 11.9. The van der Waals surface area contributed by atoms with E-state index >= 15 is 0 Å². The molecule has 2 aromatic carbocycles. The lowest BCUT2D eigenvalue weighted by atomic mass is 10.2. The van der Waals surface area contributed by atoms with Gasteiger partial charge in [0.2, 0.25) is 5.91 Å². The number of nitrogens with zero attached hydrogens (tertiary/aromatic N) is 1. The lowest BCUT2D eigenvalue weighted by Gasteiger charge is -2.10. The third kappa shape index (κ3) is 7.77. The van der Waals surface area contributed by atoms with Gasteiger partial charge in [-0.2, -0.15) is 5.10 Å². The monoisotopic (exact) mass is 462 g/mol. The summed E-state index contributed by atoms with van der Waals surface area (Å²) in [5, 5.41) is 4.00. The number of hydrogen-bond donors (Lipinski definition) is 1. The van der Waals surface area contributed by atoms with Gasteiger partial charge in [0, 0.05) is 6.42 Å².